The summed E-state index contributed by atoms with van der Waals surface area (Å²) in [7, 11) is 0. The Kier molecular flexibility index (Phi) is 8.51. The van der Waals surface area contributed by atoms with E-state index in [1.54, 1.807) is 6.92 Å². The van der Waals surface area contributed by atoms with Crippen LogP contribution in [-0.4, -0.2) is 31.1 Å². The van der Waals surface area contributed by atoms with Gasteiger partial charge in [0.05, 0.1) is 11.7 Å². The van der Waals surface area contributed by atoms with Crippen molar-refractivity contribution in [3.8, 4) is 0 Å². The fraction of sp³-hybridized carbons (Fsp3) is 0.462. The standard InChI is InChI=1S/C13H18BrN3O.2ClH/c1-9(15)13(18)16-10-6-7-17(8-10)12-5-3-2-4-11(12)14;;/h2-5,9-10H,6-8,15H2,1H3,(H,16,18);2*1H/t9-,10?;;/m1../s1. The lowest BCUT2D eigenvalue weighted by atomic mass is 10.2. The summed E-state index contributed by atoms with van der Waals surface area (Å²) in [6.45, 7) is 3.49. The molecule has 7 heteroatoms. The van der Waals surface area contributed by atoms with E-state index in [0.717, 1.165) is 24.0 Å². The van der Waals surface area contributed by atoms with Gasteiger partial charge in [0, 0.05) is 23.6 Å². The van der Waals surface area contributed by atoms with Crippen molar-refractivity contribution >= 4 is 52.3 Å². The van der Waals surface area contributed by atoms with Crippen LogP contribution in [0.15, 0.2) is 28.7 Å². The topological polar surface area (TPSA) is 58.4 Å². The summed E-state index contributed by atoms with van der Waals surface area (Å²) in [5.41, 5.74) is 6.73. The Bertz CT molecular complexity index is 445. The summed E-state index contributed by atoms with van der Waals surface area (Å²) >= 11 is 3.55. The average Bonchev–Trinajstić information content (AvgIpc) is 2.77. The fourth-order valence-electron chi connectivity index (χ4n) is 2.14. The molecule has 1 unspecified atom stereocenters. The largest absolute Gasteiger partial charge is 0.368 e. The molecule has 0 aromatic heterocycles. The molecule has 1 saturated heterocycles. The zero-order chi connectivity index (χ0) is 13.1. The van der Waals surface area contributed by atoms with E-state index in [1.807, 2.05) is 18.2 Å². The highest BCUT2D eigenvalue weighted by Gasteiger charge is 2.25. The molecule has 20 heavy (non-hydrogen) atoms. The van der Waals surface area contributed by atoms with Gasteiger partial charge in [-0.25, -0.2) is 0 Å². The molecule has 1 fully saturated rings. The predicted octanol–water partition coefficient (Wildman–Crippen LogP) is 2.33. The summed E-state index contributed by atoms with van der Waals surface area (Å²) in [5, 5.41) is 2.98. The first-order valence-electron chi connectivity index (χ1n) is 6.13. The number of amides is 1. The highest BCUT2D eigenvalue weighted by atomic mass is 79.9. The maximum absolute atomic E-state index is 11.5. The van der Waals surface area contributed by atoms with Gasteiger partial charge < -0.3 is 16.0 Å². The highest BCUT2D eigenvalue weighted by Crippen LogP contribution is 2.28. The summed E-state index contributed by atoms with van der Waals surface area (Å²) in [4.78, 5) is 13.8. The zero-order valence-electron chi connectivity index (χ0n) is 11.2. The number of halogens is 3. The van der Waals surface area contributed by atoms with Crippen molar-refractivity contribution in [2.45, 2.75) is 25.4 Å². The van der Waals surface area contributed by atoms with Crippen LogP contribution >= 0.6 is 40.7 Å². The predicted molar refractivity (Wildman–Crippen MR) is 91.0 cm³/mol. The number of carbonyl (C=O) groups excluding carboxylic acids is 1. The van der Waals surface area contributed by atoms with Crippen molar-refractivity contribution < 1.29 is 4.79 Å². The summed E-state index contributed by atoms with van der Waals surface area (Å²) in [6, 6.07) is 7.88. The Labute approximate surface area is 140 Å². The number of rotatable bonds is 3. The van der Waals surface area contributed by atoms with Crippen LogP contribution in [0.2, 0.25) is 0 Å². The first-order valence-corrected chi connectivity index (χ1v) is 6.92. The fourth-order valence-corrected chi connectivity index (χ4v) is 2.67. The molecule has 1 amide bonds. The van der Waals surface area contributed by atoms with E-state index in [-0.39, 0.29) is 36.8 Å². The molecule has 1 aliphatic heterocycles. The normalized spacial score (nSPS) is 18.8. The minimum Gasteiger partial charge on any atom is -0.368 e. The van der Waals surface area contributed by atoms with E-state index in [0.29, 0.717) is 0 Å². The number of hydrogen-bond acceptors (Lipinski definition) is 3. The van der Waals surface area contributed by atoms with E-state index in [9.17, 15) is 4.79 Å². The lowest BCUT2D eigenvalue weighted by Gasteiger charge is -2.20. The van der Waals surface area contributed by atoms with Crippen LogP contribution in [0.5, 0.6) is 0 Å². The second-order valence-electron chi connectivity index (χ2n) is 4.68. The molecular formula is C13H20BrCl2N3O. The van der Waals surface area contributed by atoms with Crippen LogP contribution in [0.4, 0.5) is 5.69 Å². The van der Waals surface area contributed by atoms with E-state index in [4.69, 9.17) is 5.73 Å². The van der Waals surface area contributed by atoms with Gasteiger partial charge in [0.25, 0.3) is 0 Å². The SMILES string of the molecule is C[C@@H](N)C(=O)NC1CCN(c2ccccc2Br)C1.Cl.Cl. The number of nitrogens with two attached hydrogens (primary N) is 1. The van der Waals surface area contributed by atoms with Crippen molar-refractivity contribution in [1.82, 2.24) is 5.32 Å². The van der Waals surface area contributed by atoms with E-state index < -0.39 is 6.04 Å². The van der Waals surface area contributed by atoms with E-state index in [2.05, 4.69) is 32.2 Å². The maximum Gasteiger partial charge on any atom is 0.236 e. The van der Waals surface area contributed by atoms with Crippen molar-refractivity contribution in [1.29, 1.82) is 0 Å². The smallest absolute Gasteiger partial charge is 0.236 e. The number of hydrogen-bond donors (Lipinski definition) is 2. The molecular weight excluding hydrogens is 365 g/mol. The van der Waals surface area contributed by atoms with Crippen LogP contribution in [0.1, 0.15) is 13.3 Å². The number of para-hydroxylation sites is 1. The summed E-state index contributed by atoms with van der Waals surface area (Å²) < 4.78 is 1.09. The van der Waals surface area contributed by atoms with Gasteiger partial charge in [-0.05, 0) is 41.4 Å². The lowest BCUT2D eigenvalue weighted by Crippen LogP contribution is -2.44. The van der Waals surface area contributed by atoms with Gasteiger partial charge >= 0.3 is 0 Å². The van der Waals surface area contributed by atoms with Crippen molar-refractivity contribution in [3.05, 3.63) is 28.7 Å². The summed E-state index contributed by atoms with van der Waals surface area (Å²) in [6.07, 6.45) is 0.958. The average molecular weight is 385 g/mol. The van der Waals surface area contributed by atoms with Gasteiger partial charge in [0.2, 0.25) is 5.91 Å². The molecule has 0 spiro atoms. The second kappa shape index (κ2) is 8.72. The third kappa shape index (κ3) is 4.81. The van der Waals surface area contributed by atoms with Gasteiger partial charge in [-0.1, -0.05) is 12.1 Å². The number of anilines is 1. The van der Waals surface area contributed by atoms with E-state index >= 15 is 0 Å². The monoisotopic (exact) mass is 383 g/mol. The Morgan fingerprint density at radius 2 is 2.10 bits per heavy atom. The van der Waals surface area contributed by atoms with Crippen LogP contribution in [0.3, 0.4) is 0 Å². The van der Waals surface area contributed by atoms with Gasteiger partial charge in [-0.15, -0.1) is 24.8 Å². The minimum absolute atomic E-state index is 0. The molecule has 1 aromatic rings. The second-order valence-corrected chi connectivity index (χ2v) is 5.53. The number of benzene rings is 1. The van der Waals surface area contributed by atoms with Crippen molar-refractivity contribution in [2.75, 3.05) is 18.0 Å². The number of nitrogens with zero attached hydrogens (tertiary/aromatic N) is 1. The maximum atomic E-state index is 11.5. The highest BCUT2D eigenvalue weighted by molar-refractivity contribution is 9.10. The quantitative estimate of drug-likeness (QED) is 0.840. The Balaban J connectivity index is 0.00000180. The minimum atomic E-state index is -0.442. The molecule has 1 aromatic carbocycles. The molecule has 2 atom stereocenters. The van der Waals surface area contributed by atoms with Gasteiger partial charge in [-0.3, -0.25) is 4.79 Å². The van der Waals surface area contributed by atoms with E-state index in [1.165, 1.54) is 5.69 Å². The Hall–Kier alpha value is -0.490. The molecule has 4 nitrogen and oxygen atoms in total. The molecule has 1 heterocycles. The third-order valence-corrected chi connectivity index (χ3v) is 3.81. The first-order chi connectivity index (χ1) is 8.58. The molecule has 2 rings (SSSR count). The Morgan fingerprint density at radius 3 is 2.70 bits per heavy atom. The molecule has 0 bridgehead atoms. The molecule has 114 valence electrons. The zero-order valence-corrected chi connectivity index (χ0v) is 14.4. The van der Waals surface area contributed by atoms with Gasteiger partial charge in [0.1, 0.15) is 0 Å². The van der Waals surface area contributed by atoms with Crippen molar-refractivity contribution in [3.63, 3.8) is 0 Å². The van der Waals surface area contributed by atoms with Crippen LogP contribution in [0.25, 0.3) is 0 Å². The third-order valence-electron chi connectivity index (χ3n) is 3.14. The van der Waals surface area contributed by atoms with Gasteiger partial charge in [0.15, 0.2) is 0 Å². The molecule has 3 N–H and O–H groups in total. The molecule has 1 aliphatic rings. The van der Waals surface area contributed by atoms with Crippen molar-refractivity contribution in [2.24, 2.45) is 5.73 Å². The molecule has 0 radical (unpaired) electrons. The molecule has 0 saturated carbocycles. The van der Waals surface area contributed by atoms with Crippen LogP contribution in [-0.2, 0) is 4.79 Å². The summed E-state index contributed by atoms with van der Waals surface area (Å²) in [5.74, 6) is -0.0750. The van der Waals surface area contributed by atoms with Gasteiger partial charge in [-0.2, -0.15) is 0 Å². The van der Waals surface area contributed by atoms with Crippen LogP contribution in [0, 0.1) is 0 Å². The molecule has 0 aliphatic carbocycles. The first kappa shape index (κ1) is 19.5. The number of nitrogens with one attached hydrogen (secondary N) is 1. The lowest BCUT2D eigenvalue weighted by molar-refractivity contribution is -0.122. The number of carbonyl (C=O) groups is 1. The van der Waals surface area contributed by atoms with Crippen LogP contribution < -0.4 is 16.0 Å². The Morgan fingerprint density at radius 1 is 1.45 bits per heavy atom.